The molecule has 0 radical (unpaired) electrons. The first kappa shape index (κ1) is 13.6. The highest BCUT2D eigenvalue weighted by Crippen LogP contribution is 2.57. The fourth-order valence-corrected chi connectivity index (χ4v) is 3.79. The van der Waals surface area contributed by atoms with E-state index in [1.54, 1.807) is 0 Å². The fourth-order valence-electron chi connectivity index (χ4n) is 3.79. The van der Waals surface area contributed by atoms with Gasteiger partial charge in [-0.1, -0.05) is 32.0 Å². The number of nitrogens with one attached hydrogen (secondary N) is 1. The number of amides is 1. The first-order valence-corrected chi connectivity index (χ1v) is 7.25. The van der Waals surface area contributed by atoms with Crippen LogP contribution in [0.4, 0.5) is 5.69 Å². The molecule has 1 amide bonds. The molecular formula is C16H22N2O2. The maximum Gasteiger partial charge on any atom is 0.245 e. The van der Waals surface area contributed by atoms with Gasteiger partial charge in [0.1, 0.15) is 5.54 Å². The van der Waals surface area contributed by atoms with Crippen molar-refractivity contribution in [3.63, 3.8) is 0 Å². The van der Waals surface area contributed by atoms with E-state index in [-0.39, 0.29) is 23.3 Å². The van der Waals surface area contributed by atoms with Crippen LogP contribution in [-0.2, 0) is 9.53 Å². The number of ether oxygens (including phenoxy) is 1. The Labute approximate surface area is 119 Å². The number of anilines is 1. The van der Waals surface area contributed by atoms with Gasteiger partial charge in [0, 0.05) is 23.6 Å². The van der Waals surface area contributed by atoms with Crippen molar-refractivity contribution in [2.45, 2.75) is 38.3 Å². The Morgan fingerprint density at radius 1 is 1.35 bits per heavy atom. The molecule has 4 heteroatoms. The highest BCUT2D eigenvalue weighted by molar-refractivity contribution is 6.00. The monoisotopic (exact) mass is 274 g/mol. The molecule has 3 rings (SSSR count). The largest absolute Gasteiger partial charge is 0.377 e. The Hall–Kier alpha value is -1.39. The van der Waals surface area contributed by atoms with E-state index in [2.05, 4.69) is 5.32 Å². The van der Waals surface area contributed by atoms with Gasteiger partial charge in [0.05, 0.1) is 6.10 Å². The summed E-state index contributed by atoms with van der Waals surface area (Å²) in [6.45, 7) is 4.84. The average molecular weight is 274 g/mol. The van der Waals surface area contributed by atoms with Crippen molar-refractivity contribution >= 4 is 11.6 Å². The quantitative estimate of drug-likeness (QED) is 0.868. The third-order valence-electron chi connectivity index (χ3n) is 5.09. The second kappa shape index (κ2) is 4.57. The van der Waals surface area contributed by atoms with E-state index in [9.17, 15) is 4.79 Å². The van der Waals surface area contributed by atoms with Crippen molar-refractivity contribution in [2.75, 3.05) is 11.9 Å². The number of fused-ring (bicyclic) bond motifs is 1. The molecule has 3 atom stereocenters. The Morgan fingerprint density at radius 2 is 2.05 bits per heavy atom. The van der Waals surface area contributed by atoms with E-state index < -0.39 is 5.54 Å². The van der Waals surface area contributed by atoms with Crippen LogP contribution in [-0.4, -0.2) is 24.2 Å². The van der Waals surface area contributed by atoms with E-state index in [0.717, 1.165) is 25.1 Å². The highest BCUT2D eigenvalue weighted by atomic mass is 16.5. The van der Waals surface area contributed by atoms with Crippen molar-refractivity contribution in [1.82, 2.24) is 0 Å². The second-order valence-corrected chi connectivity index (χ2v) is 6.45. The highest BCUT2D eigenvalue weighted by Gasteiger charge is 2.70. The molecule has 3 N–H and O–H groups in total. The number of carbonyl (C=O) groups excluding carboxylic acids is 1. The lowest BCUT2D eigenvalue weighted by Gasteiger charge is -2.65. The van der Waals surface area contributed by atoms with Gasteiger partial charge in [-0.25, -0.2) is 0 Å². The molecule has 0 bridgehead atoms. The summed E-state index contributed by atoms with van der Waals surface area (Å²) in [6, 6.07) is 9.48. The molecule has 1 aliphatic carbocycles. The first-order valence-electron chi connectivity index (χ1n) is 7.25. The molecular weight excluding hydrogens is 252 g/mol. The molecule has 108 valence electrons. The number of carbonyl (C=O) groups is 1. The molecule has 1 saturated heterocycles. The van der Waals surface area contributed by atoms with Gasteiger partial charge in [-0.15, -0.1) is 0 Å². The minimum atomic E-state index is -0.853. The molecule has 4 nitrogen and oxygen atoms in total. The molecule has 1 aromatic carbocycles. The van der Waals surface area contributed by atoms with E-state index in [1.807, 2.05) is 44.2 Å². The Bertz CT molecular complexity index is 514. The molecule has 2 fully saturated rings. The van der Waals surface area contributed by atoms with E-state index in [0.29, 0.717) is 0 Å². The fraction of sp³-hybridized carbons (Fsp3) is 0.562. The normalized spacial score (nSPS) is 34.8. The minimum absolute atomic E-state index is 0.0968. The van der Waals surface area contributed by atoms with Crippen LogP contribution in [0.15, 0.2) is 30.3 Å². The Morgan fingerprint density at radius 3 is 2.75 bits per heavy atom. The zero-order valence-corrected chi connectivity index (χ0v) is 12.1. The summed E-state index contributed by atoms with van der Waals surface area (Å²) in [7, 11) is 0. The molecule has 1 heterocycles. The number of rotatable bonds is 2. The van der Waals surface area contributed by atoms with E-state index in [1.165, 1.54) is 0 Å². The van der Waals surface area contributed by atoms with E-state index in [4.69, 9.17) is 10.5 Å². The van der Waals surface area contributed by atoms with Crippen molar-refractivity contribution in [1.29, 1.82) is 0 Å². The van der Waals surface area contributed by atoms with Crippen LogP contribution in [0.1, 0.15) is 26.7 Å². The summed E-state index contributed by atoms with van der Waals surface area (Å²) in [4.78, 5) is 12.7. The lowest BCUT2D eigenvalue weighted by atomic mass is 9.46. The van der Waals surface area contributed by atoms with E-state index >= 15 is 0 Å². The van der Waals surface area contributed by atoms with Gasteiger partial charge in [-0.2, -0.15) is 0 Å². The number of hydrogen-bond acceptors (Lipinski definition) is 3. The summed E-state index contributed by atoms with van der Waals surface area (Å²) in [5.74, 6) is 0.0235. The number of benzene rings is 1. The third-order valence-corrected chi connectivity index (χ3v) is 5.09. The molecule has 20 heavy (non-hydrogen) atoms. The predicted octanol–water partition coefficient (Wildman–Crippen LogP) is 2.16. The van der Waals surface area contributed by atoms with Crippen molar-refractivity contribution < 1.29 is 9.53 Å². The van der Waals surface area contributed by atoms with Crippen LogP contribution in [0.25, 0.3) is 0 Å². The van der Waals surface area contributed by atoms with Crippen LogP contribution in [0.3, 0.4) is 0 Å². The predicted molar refractivity (Wildman–Crippen MR) is 78.2 cm³/mol. The smallest absolute Gasteiger partial charge is 0.245 e. The molecule has 0 spiro atoms. The summed E-state index contributed by atoms with van der Waals surface area (Å²) in [5, 5.41) is 2.95. The third kappa shape index (κ3) is 1.71. The summed E-state index contributed by atoms with van der Waals surface area (Å²) in [5.41, 5.74) is 6.14. The average Bonchev–Trinajstić information content (AvgIpc) is 2.47. The van der Waals surface area contributed by atoms with Crippen molar-refractivity contribution in [3.05, 3.63) is 30.3 Å². The summed E-state index contributed by atoms with van der Waals surface area (Å²) in [6.07, 6.45) is 2.05. The van der Waals surface area contributed by atoms with Crippen LogP contribution in [0.2, 0.25) is 0 Å². The van der Waals surface area contributed by atoms with Crippen molar-refractivity contribution in [2.24, 2.45) is 17.1 Å². The molecule has 0 aromatic heterocycles. The maximum absolute atomic E-state index is 12.7. The summed E-state index contributed by atoms with van der Waals surface area (Å²) >= 11 is 0. The zero-order valence-electron chi connectivity index (χ0n) is 12.1. The Balaban J connectivity index is 1.82. The summed E-state index contributed by atoms with van der Waals surface area (Å²) < 4.78 is 5.83. The number of nitrogens with two attached hydrogens (primary N) is 1. The van der Waals surface area contributed by atoms with Crippen LogP contribution in [0.5, 0.6) is 0 Å². The molecule has 1 saturated carbocycles. The standard InChI is InChI=1S/C16H22N2O2/c1-15(2)13-12(9-6-10-20-13)16(15,17)14(19)18-11-7-4-3-5-8-11/h3-5,7-8,12-13H,6,9-10,17H2,1-2H3,(H,18,19). The van der Waals surface area contributed by atoms with Gasteiger partial charge < -0.3 is 15.8 Å². The number of para-hydroxylation sites is 1. The van der Waals surface area contributed by atoms with Crippen LogP contribution in [0, 0.1) is 11.3 Å². The van der Waals surface area contributed by atoms with Gasteiger partial charge in [0.15, 0.2) is 0 Å². The molecule has 3 unspecified atom stereocenters. The molecule has 1 aromatic rings. The molecule has 2 aliphatic rings. The van der Waals surface area contributed by atoms with Gasteiger partial charge >= 0.3 is 0 Å². The maximum atomic E-state index is 12.7. The number of hydrogen-bond donors (Lipinski definition) is 2. The SMILES string of the molecule is CC1(C)C2OCCCC2C1(N)C(=O)Nc1ccccc1. The lowest BCUT2D eigenvalue weighted by Crippen LogP contribution is -2.81. The van der Waals surface area contributed by atoms with Gasteiger partial charge in [0.25, 0.3) is 0 Å². The first-order chi connectivity index (χ1) is 9.48. The lowest BCUT2D eigenvalue weighted by molar-refractivity contribution is -0.222. The van der Waals surface area contributed by atoms with Crippen LogP contribution < -0.4 is 11.1 Å². The minimum Gasteiger partial charge on any atom is -0.377 e. The van der Waals surface area contributed by atoms with Gasteiger partial charge in [0.2, 0.25) is 5.91 Å². The second-order valence-electron chi connectivity index (χ2n) is 6.45. The van der Waals surface area contributed by atoms with Gasteiger partial charge in [-0.3, -0.25) is 4.79 Å². The van der Waals surface area contributed by atoms with Crippen molar-refractivity contribution in [3.8, 4) is 0 Å². The van der Waals surface area contributed by atoms with Crippen LogP contribution >= 0.6 is 0 Å². The Kier molecular flexibility index (Phi) is 3.10. The topological polar surface area (TPSA) is 64.3 Å². The van der Waals surface area contributed by atoms with Gasteiger partial charge in [-0.05, 0) is 25.0 Å². The molecule has 1 aliphatic heterocycles. The zero-order chi connectivity index (χ0) is 14.4.